The maximum Gasteiger partial charge on any atom is 0.322 e. The Kier molecular flexibility index (Phi) is 5.07. The SMILES string of the molecule is O=C1NC(=O)C2(CC(C(=O)N3CCC(Cc4ccccc4)CC3)Oc3ccc(F)cc32)N1. The molecule has 0 radical (unpaired) electrons. The second-order valence-electron chi connectivity index (χ2n) is 8.72. The summed E-state index contributed by atoms with van der Waals surface area (Å²) in [4.78, 5) is 39.7. The molecule has 2 aromatic rings. The average molecular weight is 437 g/mol. The molecule has 0 aromatic heterocycles. The molecule has 3 heterocycles. The molecule has 4 amide bonds. The van der Waals surface area contributed by atoms with Gasteiger partial charge in [-0.05, 0) is 48.9 Å². The molecule has 0 saturated carbocycles. The molecule has 2 N–H and O–H groups in total. The normalized spacial score (nSPS) is 25.2. The van der Waals surface area contributed by atoms with Gasteiger partial charge in [0.2, 0.25) is 0 Å². The van der Waals surface area contributed by atoms with Crippen LogP contribution in [0.25, 0.3) is 0 Å². The van der Waals surface area contributed by atoms with Gasteiger partial charge in [0.05, 0.1) is 0 Å². The summed E-state index contributed by atoms with van der Waals surface area (Å²) >= 11 is 0. The molecular formula is C24H24FN3O4. The minimum atomic E-state index is -1.52. The Labute approximate surface area is 184 Å². The topological polar surface area (TPSA) is 87.7 Å². The van der Waals surface area contributed by atoms with E-state index < -0.39 is 29.4 Å². The van der Waals surface area contributed by atoms with E-state index in [1.54, 1.807) is 4.90 Å². The first-order valence-electron chi connectivity index (χ1n) is 10.9. The van der Waals surface area contributed by atoms with Gasteiger partial charge in [-0.2, -0.15) is 0 Å². The van der Waals surface area contributed by atoms with E-state index in [0.717, 1.165) is 19.3 Å². The molecule has 1 spiro atoms. The third-order valence-corrected chi connectivity index (χ3v) is 6.67. The van der Waals surface area contributed by atoms with Gasteiger partial charge >= 0.3 is 6.03 Å². The summed E-state index contributed by atoms with van der Waals surface area (Å²) < 4.78 is 19.8. The molecule has 2 atom stereocenters. The third kappa shape index (κ3) is 3.59. The maximum absolute atomic E-state index is 13.9. The first-order chi connectivity index (χ1) is 15.4. The lowest BCUT2D eigenvalue weighted by molar-refractivity contribution is -0.143. The van der Waals surface area contributed by atoms with Gasteiger partial charge in [0.25, 0.3) is 11.8 Å². The molecule has 3 aliphatic heterocycles. The van der Waals surface area contributed by atoms with E-state index in [2.05, 4.69) is 22.8 Å². The predicted molar refractivity (Wildman–Crippen MR) is 113 cm³/mol. The van der Waals surface area contributed by atoms with Gasteiger partial charge in [-0.3, -0.25) is 14.9 Å². The number of imide groups is 1. The number of fused-ring (bicyclic) bond motifs is 2. The Hall–Kier alpha value is -3.42. The number of nitrogens with zero attached hydrogens (tertiary/aromatic N) is 1. The summed E-state index contributed by atoms with van der Waals surface area (Å²) in [6.45, 7) is 1.22. The molecule has 0 aliphatic carbocycles. The molecule has 2 saturated heterocycles. The highest BCUT2D eigenvalue weighted by molar-refractivity contribution is 6.08. The van der Waals surface area contributed by atoms with Crippen molar-refractivity contribution in [3.05, 3.63) is 65.5 Å². The number of hydrogen-bond donors (Lipinski definition) is 2. The van der Waals surface area contributed by atoms with Crippen molar-refractivity contribution in [2.75, 3.05) is 13.1 Å². The van der Waals surface area contributed by atoms with E-state index in [9.17, 15) is 18.8 Å². The lowest BCUT2D eigenvalue weighted by Gasteiger charge is -2.40. The second kappa shape index (κ2) is 7.93. The van der Waals surface area contributed by atoms with Crippen molar-refractivity contribution >= 4 is 17.8 Å². The summed E-state index contributed by atoms with van der Waals surface area (Å²) in [6.07, 6.45) is 1.73. The van der Waals surface area contributed by atoms with Gasteiger partial charge in [0, 0.05) is 25.1 Å². The van der Waals surface area contributed by atoms with E-state index >= 15 is 0 Å². The Morgan fingerprint density at radius 1 is 1.12 bits per heavy atom. The highest BCUT2D eigenvalue weighted by Crippen LogP contribution is 2.42. The minimum absolute atomic E-state index is 0.0796. The fourth-order valence-corrected chi connectivity index (χ4v) is 4.99. The first kappa shape index (κ1) is 20.5. The van der Waals surface area contributed by atoms with Crippen LogP contribution in [-0.2, 0) is 21.5 Å². The van der Waals surface area contributed by atoms with Crippen molar-refractivity contribution in [3.63, 3.8) is 0 Å². The first-order valence-corrected chi connectivity index (χ1v) is 10.9. The van der Waals surface area contributed by atoms with Crippen LogP contribution >= 0.6 is 0 Å². The van der Waals surface area contributed by atoms with Crippen molar-refractivity contribution in [1.29, 1.82) is 0 Å². The lowest BCUT2D eigenvalue weighted by atomic mass is 9.81. The van der Waals surface area contributed by atoms with Crippen LogP contribution in [0.4, 0.5) is 9.18 Å². The van der Waals surface area contributed by atoms with Crippen LogP contribution in [-0.4, -0.2) is 41.9 Å². The number of halogens is 1. The van der Waals surface area contributed by atoms with Gasteiger partial charge < -0.3 is 15.0 Å². The minimum Gasteiger partial charge on any atom is -0.480 e. The number of nitrogens with one attached hydrogen (secondary N) is 2. The zero-order chi connectivity index (χ0) is 22.3. The number of likely N-dealkylation sites (tertiary alicyclic amines) is 1. The Morgan fingerprint density at radius 2 is 1.88 bits per heavy atom. The van der Waals surface area contributed by atoms with Crippen LogP contribution in [0.1, 0.15) is 30.4 Å². The Balaban J connectivity index is 1.31. The van der Waals surface area contributed by atoms with Crippen molar-refractivity contribution in [3.8, 4) is 5.75 Å². The summed E-state index contributed by atoms with van der Waals surface area (Å²) in [5.41, 5.74) is 0.00626. The van der Waals surface area contributed by atoms with Gasteiger partial charge in [0.15, 0.2) is 11.6 Å². The highest BCUT2D eigenvalue weighted by atomic mass is 19.1. The second-order valence-corrected chi connectivity index (χ2v) is 8.72. The monoisotopic (exact) mass is 437 g/mol. The fourth-order valence-electron chi connectivity index (χ4n) is 4.99. The van der Waals surface area contributed by atoms with Crippen LogP contribution < -0.4 is 15.4 Å². The molecule has 0 bridgehead atoms. The summed E-state index contributed by atoms with van der Waals surface area (Å²) in [7, 11) is 0. The number of hydrogen-bond acceptors (Lipinski definition) is 4. The summed E-state index contributed by atoms with van der Waals surface area (Å²) in [5.74, 6) is -0.634. The Bertz CT molecular complexity index is 1070. The number of benzene rings is 2. The zero-order valence-electron chi connectivity index (χ0n) is 17.5. The number of urea groups is 1. The quantitative estimate of drug-likeness (QED) is 0.723. The molecule has 166 valence electrons. The fraction of sp³-hybridized carbons (Fsp3) is 0.375. The largest absolute Gasteiger partial charge is 0.480 e. The van der Waals surface area contributed by atoms with E-state index in [0.29, 0.717) is 19.0 Å². The Morgan fingerprint density at radius 3 is 2.56 bits per heavy atom. The predicted octanol–water partition coefficient (Wildman–Crippen LogP) is 2.49. The molecule has 32 heavy (non-hydrogen) atoms. The van der Waals surface area contributed by atoms with Crippen molar-refractivity contribution < 1.29 is 23.5 Å². The number of piperidine rings is 1. The zero-order valence-corrected chi connectivity index (χ0v) is 17.5. The van der Waals surface area contributed by atoms with Crippen molar-refractivity contribution in [2.24, 2.45) is 5.92 Å². The van der Waals surface area contributed by atoms with Gasteiger partial charge in [0.1, 0.15) is 11.6 Å². The van der Waals surface area contributed by atoms with Crippen LogP contribution in [0.3, 0.4) is 0 Å². The van der Waals surface area contributed by atoms with Crippen LogP contribution in [0.2, 0.25) is 0 Å². The van der Waals surface area contributed by atoms with Gasteiger partial charge in [-0.15, -0.1) is 0 Å². The van der Waals surface area contributed by atoms with E-state index in [4.69, 9.17) is 4.74 Å². The molecule has 7 nitrogen and oxygen atoms in total. The number of amides is 4. The molecule has 2 unspecified atom stereocenters. The number of rotatable bonds is 3. The summed E-state index contributed by atoms with van der Waals surface area (Å²) in [5, 5.41) is 4.82. The molecule has 3 aliphatic rings. The number of ether oxygens (including phenoxy) is 1. The molecule has 8 heteroatoms. The van der Waals surface area contributed by atoms with E-state index in [1.807, 2.05) is 18.2 Å². The summed E-state index contributed by atoms with van der Waals surface area (Å²) in [6, 6.07) is 13.4. The standard InChI is InChI=1S/C24H24FN3O4/c25-17-6-7-19-18(13-17)24(22(30)26-23(31)27-24)14-20(32-19)21(29)28-10-8-16(9-11-28)12-15-4-2-1-3-5-15/h1-7,13,16,20H,8-12,14H2,(H2,26,27,30,31). The highest BCUT2D eigenvalue weighted by Gasteiger charge is 2.55. The molecular weight excluding hydrogens is 413 g/mol. The van der Waals surface area contributed by atoms with Gasteiger partial charge in [-0.1, -0.05) is 30.3 Å². The van der Waals surface area contributed by atoms with E-state index in [-0.39, 0.29) is 23.6 Å². The molecule has 5 rings (SSSR count). The van der Waals surface area contributed by atoms with Crippen LogP contribution in [0, 0.1) is 11.7 Å². The maximum atomic E-state index is 13.9. The third-order valence-electron chi connectivity index (χ3n) is 6.67. The molecule has 2 fully saturated rings. The van der Waals surface area contributed by atoms with Crippen LogP contribution in [0.5, 0.6) is 5.75 Å². The van der Waals surface area contributed by atoms with Crippen LogP contribution in [0.15, 0.2) is 48.5 Å². The average Bonchev–Trinajstić information content (AvgIpc) is 3.08. The number of carbonyl (C=O) groups is 3. The number of carbonyl (C=O) groups excluding carboxylic acids is 3. The van der Waals surface area contributed by atoms with Crippen molar-refractivity contribution in [2.45, 2.75) is 37.3 Å². The smallest absolute Gasteiger partial charge is 0.322 e. The molecule has 2 aromatic carbocycles. The van der Waals surface area contributed by atoms with Gasteiger partial charge in [-0.25, -0.2) is 9.18 Å². The van der Waals surface area contributed by atoms with Crippen molar-refractivity contribution in [1.82, 2.24) is 15.5 Å². The lowest BCUT2D eigenvalue weighted by Crippen LogP contribution is -2.55. The van der Waals surface area contributed by atoms with E-state index in [1.165, 1.54) is 23.8 Å².